The van der Waals surface area contributed by atoms with Gasteiger partial charge in [-0.2, -0.15) is 10.4 Å². The van der Waals surface area contributed by atoms with E-state index in [9.17, 15) is 22.8 Å². The van der Waals surface area contributed by atoms with Crippen molar-refractivity contribution in [2.45, 2.75) is 32.7 Å². The van der Waals surface area contributed by atoms with Crippen LogP contribution in [0.5, 0.6) is 5.75 Å². The van der Waals surface area contributed by atoms with Crippen molar-refractivity contribution in [2.24, 2.45) is 9.98 Å². The number of rotatable bonds is 9. The lowest BCUT2D eigenvalue weighted by Gasteiger charge is -2.25. The Morgan fingerprint density at radius 1 is 1.20 bits per heavy atom. The standard InChI is InChI=1S/C29H29F3N8O4S/c1-18-4-6-20(15-43-3)23(12-18)40-25(41)16-45-28(40)36-27(42)35-24-11-5-19(13-33-24)14-38(2)26-34-17-39(37-26)21-7-9-22(10-8-21)44-29(30,31)32/h4-13,17,26,37H,14-16H2,1-3H3,(H,33,35,42)/b36-28-. The van der Waals surface area contributed by atoms with Crippen LogP contribution in [-0.4, -0.2) is 65.9 Å². The highest BCUT2D eigenvalue weighted by Gasteiger charge is 2.33. The molecule has 2 aromatic carbocycles. The molecule has 2 aliphatic rings. The van der Waals surface area contributed by atoms with Crippen LogP contribution < -0.4 is 25.4 Å². The molecule has 2 N–H and O–H groups in total. The zero-order chi connectivity index (χ0) is 32.1. The van der Waals surface area contributed by atoms with Gasteiger partial charge in [-0.05, 0) is 61.5 Å². The van der Waals surface area contributed by atoms with Gasteiger partial charge in [-0.25, -0.2) is 14.8 Å². The second-order valence-corrected chi connectivity index (χ2v) is 11.0. The summed E-state index contributed by atoms with van der Waals surface area (Å²) < 4.78 is 46.4. The second-order valence-electron chi connectivity index (χ2n) is 10.1. The second kappa shape index (κ2) is 13.6. The molecule has 1 atom stereocenters. The Bertz CT molecular complexity index is 1600. The summed E-state index contributed by atoms with van der Waals surface area (Å²) in [6.07, 6.45) is -2.06. The Balaban J connectivity index is 1.16. The van der Waals surface area contributed by atoms with Crippen LogP contribution >= 0.6 is 11.8 Å². The number of anilines is 3. The average molecular weight is 643 g/mol. The summed E-state index contributed by atoms with van der Waals surface area (Å²) in [6.45, 7) is 2.66. The third-order valence-electron chi connectivity index (χ3n) is 6.58. The molecule has 0 radical (unpaired) electrons. The van der Waals surface area contributed by atoms with E-state index in [2.05, 4.69) is 30.4 Å². The minimum Gasteiger partial charge on any atom is -0.406 e. The Morgan fingerprint density at radius 3 is 2.67 bits per heavy atom. The van der Waals surface area contributed by atoms with E-state index in [0.29, 0.717) is 24.5 Å². The topological polar surface area (TPSA) is 124 Å². The normalized spacial score (nSPS) is 17.5. The monoisotopic (exact) mass is 642 g/mol. The lowest BCUT2D eigenvalue weighted by Crippen LogP contribution is -2.45. The third-order valence-corrected chi connectivity index (χ3v) is 7.50. The summed E-state index contributed by atoms with van der Waals surface area (Å²) in [5.41, 5.74) is 6.93. The minimum atomic E-state index is -4.76. The highest BCUT2D eigenvalue weighted by atomic mass is 32.2. The van der Waals surface area contributed by atoms with Gasteiger partial charge >= 0.3 is 12.4 Å². The van der Waals surface area contributed by atoms with E-state index in [1.54, 1.807) is 30.4 Å². The number of nitrogens with one attached hydrogen (secondary N) is 2. The number of hydrogen-bond acceptors (Lipinski definition) is 10. The molecule has 1 aromatic heterocycles. The number of urea groups is 1. The smallest absolute Gasteiger partial charge is 0.406 e. The first-order valence-electron chi connectivity index (χ1n) is 13.5. The number of alkyl halides is 3. The van der Waals surface area contributed by atoms with Crippen LogP contribution in [0.4, 0.5) is 35.2 Å². The van der Waals surface area contributed by atoms with Gasteiger partial charge in [-0.1, -0.05) is 30.0 Å². The van der Waals surface area contributed by atoms with E-state index in [1.165, 1.54) is 47.3 Å². The van der Waals surface area contributed by atoms with Crippen LogP contribution in [0, 0.1) is 6.92 Å². The van der Waals surface area contributed by atoms with Crippen molar-refractivity contribution in [3.05, 3.63) is 77.5 Å². The molecule has 1 unspecified atom stereocenters. The number of benzene rings is 2. The summed E-state index contributed by atoms with van der Waals surface area (Å²) in [7, 11) is 3.41. The fourth-order valence-electron chi connectivity index (χ4n) is 4.51. The summed E-state index contributed by atoms with van der Waals surface area (Å²) in [5, 5.41) is 4.50. The van der Waals surface area contributed by atoms with Gasteiger partial charge in [0.15, 0.2) is 11.5 Å². The number of nitrogens with zero attached hydrogens (tertiary/aromatic N) is 6. The number of hydrogen-bond donors (Lipinski definition) is 2. The average Bonchev–Trinajstić information content (AvgIpc) is 3.62. The molecule has 0 aliphatic carbocycles. The molecule has 5 rings (SSSR count). The molecule has 3 aromatic rings. The molecule has 16 heteroatoms. The van der Waals surface area contributed by atoms with Crippen LogP contribution in [0.15, 0.2) is 70.8 Å². The van der Waals surface area contributed by atoms with Crippen molar-refractivity contribution >= 4 is 52.4 Å². The van der Waals surface area contributed by atoms with Crippen molar-refractivity contribution in [1.29, 1.82) is 0 Å². The van der Waals surface area contributed by atoms with Gasteiger partial charge in [0, 0.05) is 25.4 Å². The molecule has 1 saturated heterocycles. The number of carbonyl (C=O) groups excluding carboxylic acids is 2. The van der Waals surface area contributed by atoms with Crippen LogP contribution in [0.25, 0.3) is 0 Å². The summed E-state index contributed by atoms with van der Waals surface area (Å²) >= 11 is 1.18. The molecule has 0 bridgehead atoms. The van der Waals surface area contributed by atoms with Crippen molar-refractivity contribution < 1.29 is 32.2 Å². The van der Waals surface area contributed by atoms with Crippen molar-refractivity contribution in [3.63, 3.8) is 0 Å². The van der Waals surface area contributed by atoms with Crippen molar-refractivity contribution in [1.82, 2.24) is 15.3 Å². The Hall–Kier alpha value is -4.51. The number of aryl methyl sites for hydroxylation is 1. The molecule has 0 saturated carbocycles. The fourth-order valence-corrected chi connectivity index (χ4v) is 5.37. The lowest BCUT2D eigenvalue weighted by molar-refractivity contribution is -0.274. The third kappa shape index (κ3) is 8.16. The molecular weight excluding hydrogens is 613 g/mol. The van der Waals surface area contributed by atoms with Crippen LogP contribution in [0.1, 0.15) is 16.7 Å². The largest absolute Gasteiger partial charge is 0.573 e. The van der Waals surface area contributed by atoms with Gasteiger partial charge in [-0.3, -0.25) is 24.9 Å². The number of carbonyl (C=O) groups is 2. The predicted molar refractivity (Wildman–Crippen MR) is 165 cm³/mol. The molecule has 3 amide bonds. The van der Waals surface area contributed by atoms with Crippen molar-refractivity contribution in [3.8, 4) is 5.75 Å². The van der Waals surface area contributed by atoms with Crippen LogP contribution in [0.3, 0.4) is 0 Å². The highest BCUT2D eigenvalue weighted by Crippen LogP contribution is 2.31. The SMILES string of the molecule is COCc1ccc(C)cc1N1C(=O)CS/C1=N\C(=O)Nc1ccc(CN(C)C2N=CN(c3ccc(OC(F)(F)F)cc3)N2)cn1. The van der Waals surface area contributed by atoms with Crippen LogP contribution in [-0.2, 0) is 22.7 Å². The Labute approximate surface area is 260 Å². The Kier molecular flexibility index (Phi) is 9.67. The summed E-state index contributed by atoms with van der Waals surface area (Å²) in [5.74, 6) is -0.0515. The number of ether oxygens (including phenoxy) is 2. The number of aromatic nitrogens is 1. The molecule has 2 aliphatic heterocycles. The van der Waals surface area contributed by atoms with E-state index in [-0.39, 0.29) is 28.4 Å². The quantitative estimate of drug-likeness (QED) is 0.337. The number of thioether (sulfide) groups is 1. The first-order valence-corrected chi connectivity index (χ1v) is 14.5. The summed E-state index contributed by atoms with van der Waals surface area (Å²) in [6, 6.07) is 13.8. The van der Waals surface area contributed by atoms with Gasteiger partial charge in [0.2, 0.25) is 5.91 Å². The van der Waals surface area contributed by atoms with E-state index >= 15 is 0 Å². The Morgan fingerprint density at radius 2 is 1.98 bits per heavy atom. The van der Waals surface area contributed by atoms with Gasteiger partial charge < -0.3 is 9.47 Å². The zero-order valence-electron chi connectivity index (χ0n) is 24.4. The molecule has 0 spiro atoms. The minimum absolute atomic E-state index is 0.161. The van der Waals surface area contributed by atoms with Gasteiger partial charge in [0.25, 0.3) is 0 Å². The number of methoxy groups -OCH3 is 1. The van der Waals surface area contributed by atoms with Crippen molar-refractivity contribution in [2.75, 3.05) is 35.1 Å². The molecule has 1 fully saturated rings. The predicted octanol–water partition coefficient (Wildman–Crippen LogP) is 4.87. The number of pyridine rings is 1. The molecule has 3 heterocycles. The number of aliphatic imine (C=N–C) groups is 2. The number of amides is 3. The lowest BCUT2D eigenvalue weighted by atomic mass is 10.1. The first kappa shape index (κ1) is 31.9. The van der Waals surface area contributed by atoms with Crippen LogP contribution in [0.2, 0.25) is 0 Å². The number of amidine groups is 1. The highest BCUT2D eigenvalue weighted by molar-refractivity contribution is 8.15. The maximum Gasteiger partial charge on any atom is 0.573 e. The number of hydrazine groups is 1. The van der Waals surface area contributed by atoms with Gasteiger partial charge in [-0.15, -0.1) is 13.2 Å². The first-order chi connectivity index (χ1) is 21.5. The van der Waals surface area contributed by atoms with Gasteiger partial charge in [0.1, 0.15) is 17.9 Å². The zero-order valence-corrected chi connectivity index (χ0v) is 25.2. The van der Waals surface area contributed by atoms with E-state index < -0.39 is 18.7 Å². The number of halogens is 3. The fraction of sp³-hybridized carbons (Fsp3) is 0.276. The van der Waals surface area contributed by atoms with Gasteiger partial charge in [0.05, 0.1) is 23.7 Å². The molecule has 45 heavy (non-hydrogen) atoms. The van der Waals surface area contributed by atoms with E-state index in [4.69, 9.17) is 4.74 Å². The molecule has 12 nitrogen and oxygen atoms in total. The van der Waals surface area contributed by atoms with E-state index in [1.807, 2.05) is 37.1 Å². The maximum absolute atomic E-state index is 12.8. The van der Waals surface area contributed by atoms with E-state index in [0.717, 1.165) is 16.7 Å². The summed E-state index contributed by atoms with van der Waals surface area (Å²) in [4.78, 5) is 41.7. The maximum atomic E-state index is 12.8. The molecular formula is C29H29F3N8O4S. The molecule has 236 valence electrons.